The molecular weight excluding hydrogens is 366 g/mol. The predicted molar refractivity (Wildman–Crippen MR) is 102 cm³/mol. The van der Waals surface area contributed by atoms with E-state index in [1.807, 2.05) is 17.1 Å². The van der Waals surface area contributed by atoms with E-state index in [1.165, 1.54) is 24.3 Å². The molecule has 1 aliphatic heterocycles. The number of nitrogens with two attached hydrogens (primary N) is 1. The number of nitrogens with one attached hydrogen (secondary N) is 1. The smallest absolute Gasteiger partial charge is 0.238 e. The van der Waals surface area contributed by atoms with Crippen molar-refractivity contribution in [2.45, 2.75) is 37.0 Å². The summed E-state index contributed by atoms with van der Waals surface area (Å²) in [6, 6.07) is 5.69. The molecule has 0 aromatic heterocycles. The van der Waals surface area contributed by atoms with Gasteiger partial charge in [-0.1, -0.05) is 12.2 Å². The lowest BCUT2D eigenvalue weighted by Crippen LogP contribution is -2.45. The van der Waals surface area contributed by atoms with Gasteiger partial charge in [0.05, 0.1) is 16.7 Å². The molecule has 1 aromatic rings. The minimum Gasteiger partial charge on any atom is -0.342 e. The van der Waals surface area contributed by atoms with Crippen LogP contribution in [-0.2, 0) is 19.6 Å². The monoisotopic (exact) mass is 391 g/mol. The zero-order chi connectivity index (χ0) is 19.4. The number of primary sulfonamides is 1. The molecule has 3 rings (SSSR count). The van der Waals surface area contributed by atoms with Crippen LogP contribution in [0.3, 0.4) is 0 Å². The van der Waals surface area contributed by atoms with Gasteiger partial charge in [-0.25, -0.2) is 13.6 Å². The molecule has 2 aliphatic rings. The van der Waals surface area contributed by atoms with E-state index in [-0.39, 0.29) is 22.6 Å². The minimum atomic E-state index is -3.77. The van der Waals surface area contributed by atoms with Gasteiger partial charge < -0.3 is 10.2 Å². The van der Waals surface area contributed by atoms with Gasteiger partial charge in [0.1, 0.15) is 0 Å². The van der Waals surface area contributed by atoms with E-state index >= 15 is 0 Å². The van der Waals surface area contributed by atoms with E-state index in [0.717, 1.165) is 32.4 Å². The van der Waals surface area contributed by atoms with Gasteiger partial charge in [-0.05, 0) is 56.4 Å². The van der Waals surface area contributed by atoms with Crippen molar-refractivity contribution in [3.05, 3.63) is 36.4 Å². The lowest BCUT2D eigenvalue weighted by molar-refractivity contribution is -0.141. The van der Waals surface area contributed by atoms with Gasteiger partial charge in [0.15, 0.2) is 0 Å². The molecule has 0 saturated carbocycles. The van der Waals surface area contributed by atoms with E-state index in [9.17, 15) is 18.0 Å². The molecule has 1 aliphatic carbocycles. The summed E-state index contributed by atoms with van der Waals surface area (Å²) in [7, 11) is -3.77. The predicted octanol–water partition coefficient (Wildman–Crippen LogP) is 1.87. The van der Waals surface area contributed by atoms with E-state index < -0.39 is 15.9 Å². The van der Waals surface area contributed by atoms with Gasteiger partial charge in [0.2, 0.25) is 21.8 Å². The first-order chi connectivity index (χ1) is 12.9. The van der Waals surface area contributed by atoms with E-state index in [4.69, 9.17) is 5.14 Å². The quantitative estimate of drug-likeness (QED) is 0.764. The average molecular weight is 391 g/mol. The van der Waals surface area contributed by atoms with Crippen LogP contribution in [0.25, 0.3) is 0 Å². The molecule has 3 N–H and O–H groups in total. The number of nitrogens with zero attached hydrogens (tertiary/aromatic N) is 1. The summed E-state index contributed by atoms with van der Waals surface area (Å²) in [5.74, 6) is -0.944. The molecule has 27 heavy (non-hydrogen) atoms. The maximum atomic E-state index is 12.9. The van der Waals surface area contributed by atoms with Crippen molar-refractivity contribution in [2.24, 2.45) is 17.0 Å². The van der Waals surface area contributed by atoms with Crippen molar-refractivity contribution in [3.63, 3.8) is 0 Å². The average Bonchev–Trinajstić information content (AvgIpc) is 2.68. The molecule has 0 radical (unpaired) electrons. The topological polar surface area (TPSA) is 110 Å². The summed E-state index contributed by atoms with van der Waals surface area (Å²) < 4.78 is 22.6. The Morgan fingerprint density at radius 1 is 0.963 bits per heavy atom. The number of anilines is 1. The third-order valence-corrected chi connectivity index (χ3v) is 6.13. The fraction of sp³-hybridized carbons (Fsp3) is 0.474. The maximum Gasteiger partial charge on any atom is 0.238 e. The standard InChI is InChI=1S/C19H25N3O4S/c20-27(25,26)15-10-8-14(9-11-15)21-18(23)16-6-2-3-7-17(16)19(24)22-12-4-1-5-13-22/h2-3,8-11,16-17H,1,4-7,12-13H2,(H,21,23)(H2,20,25,26)/t16-,17-/m1/s1. The normalized spacial score (nSPS) is 23.1. The molecule has 0 bridgehead atoms. The van der Waals surface area contributed by atoms with Crippen molar-refractivity contribution in [1.82, 2.24) is 4.90 Å². The minimum absolute atomic E-state index is 0.0146. The SMILES string of the molecule is NS(=O)(=O)c1ccc(NC(=O)[C@@H]2CC=CC[C@H]2C(=O)N2CCCCC2)cc1. The summed E-state index contributed by atoms with van der Waals surface area (Å²) in [6.07, 6.45) is 8.17. The summed E-state index contributed by atoms with van der Waals surface area (Å²) in [5, 5.41) is 7.88. The molecular formula is C19H25N3O4S. The van der Waals surface area contributed by atoms with Crippen molar-refractivity contribution in [2.75, 3.05) is 18.4 Å². The number of rotatable bonds is 4. The number of carbonyl (C=O) groups is 2. The Balaban J connectivity index is 1.70. The zero-order valence-electron chi connectivity index (χ0n) is 15.1. The zero-order valence-corrected chi connectivity index (χ0v) is 16.0. The third-order valence-electron chi connectivity index (χ3n) is 5.20. The van der Waals surface area contributed by atoms with Crippen LogP contribution in [0.2, 0.25) is 0 Å². The Kier molecular flexibility index (Phi) is 5.96. The van der Waals surface area contributed by atoms with Crippen LogP contribution >= 0.6 is 0 Å². The van der Waals surface area contributed by atoms with Gasteiger partial charge in [-0.15, -0.1) is 0 Å². The number of hydrogen-bond acceptors (Lipinski definition) is 4. The van der Waals surface area contributed by atoms with E-state index in [0.29, 0.717) is 18.5 Å². The highest BCUT2D eigenvalue weighted by molar-refractivity contribution is 7.89. The van der Waals surface area contributed by atoms with Gasteiger partial charge in [0.25, 0.3) is 0 Å². The molecule has 2 amide bonds. The van der Waals surface area contributed by atoms with Gasteiger partial charge in [0, 0.05) is 18.8 Å². The Hall–Kier alpha value is -2.19. The number of allylic oxidation sites excluding steroid dienone is 2. The summed E-state index contributed by atoms with van der Waals surface area (Å²) in [4.78, 5) is 27.6. The maximum absolute atomic E-state index is 12.9. The second-order valence-corrected chi connectivity index (χ2v) is 8.66. The molecule has 1 saturated heterocycles. The molecule has 7 nitrogen and oxygen atoms in total. The first-order valence-electron chi connectivity index (χ1n) is 9.24. The summed E-state index contributed by atoms with van der Waals surface area (Å²) in [6.45, 7) is 1.53. The second kappa shape index (κ2) is 8.22. The number of carbonyl (C=O) groups excluding carboxylic acids is 2. The van der Waals surface area contributed by atoms with Gasteiger partial charge in [-0.2, -0.15) is 0 Å². The molecule has 1 heterocycles. The van der Waals surface area contributed by atoms with Crippen molar-refractivity contribution < 1.29 is 18.0 Å². The number of likely N-dealkylation sites (tertiary alicyclic amines) is 1. The Labute approximate surface area is 159 Å². The highest BCUT2D eigenvalue weighted by Crippen LogP contribution is 2.30. The number of hydrogen-bond donors (Lipinski definition) is 2. The number of amides is 2. The summed E-state index contributed by atoms with van der Waals surface area (Å²) >= 11 is 0. The molecule has 146 valence electrons. The lowest BCUT2D eigenvalue weighted by Gasteiger charge is -2.34. The fourth-order valence-corrected chi connectivity index (χ4v) is 4.20. The number of benzene rings is 1. The molecule has 8 heteroatoms. The van der Waals surface area contributed by atoms with Crippen LogP contribution in [0.1, 0.15) is 32.1 Å². The third kappa shape index (κ3) is 4.75. The molecule has 0 unspecified atom stereocenters. The Morgan fingerprint density at radius 3 is 2.15 bits per heavy atom. The molecule has 1 fully saturated rings. The summed E-state index contributed by atoms with van der Waals surface area (Å²) in [5.41, 5.74) is 0.478. The van der Waals surface area contributed by atoms with E-state index in [2.05, 4.69) is 5.32 Å². The fourth-order valence-electron chi connectivity index (χ4n) is 3.69. The van der Waals surface area contributed by atoms with Crippen LogP contribution < -0.4 is 10.5 Å². The van der Waals surface area contributed by atoms with Crippen molar-refractivity contribution >= 4 is 27.5 Å². The van der Waals surface area contributed by atoms with Crippen molar-refractivity contribution in [1.29, 1.82) is 0 Å². The van der Waals surface area contributed by atoms with Gasteiger partial charge in [-0.3, -0.25) is 9.59 Å². The van der Waals surface area contributed by atoms with Crippen LogP contribution in [0, 0.1) is 11.8 Å². The number of piperidine rings is 1. The van der Waals surface area contributed by atoms with Crippen molar-refractivity contribution in [3.8, 4) is 0 Å². The Morgan fingerprint density at radius 2 is 1.56 bits per heavy atom. The largest absolute Gasteiger partial charge is 0.342 e. The molecule has 0 spiro atoms. The first-order valence-corrected chi connectivity index (χ1v) is 10.8. The highest BCUT2D eigenvalue weighted by Gasteiger charge is 2.36. The van der Waals surface area contributed by atoms with Crippen LogP contribution in [0.5, 0.6) is 0 Å². The first kappa shape index (κ1) is 19.6. The van der Waals surface area contributed by atoms with E-state index in [1.54, 1.807) is 0 Å². The second-order valence-electron chi connectivity index (χ2n) is 7.10. The molecule has 2 atom stereocenters. The highest BCUT2D eigenvalue weighted by atomic mass is 32.2. The van der Waals surface area contributed by atoms with Crippen LogP contribution in [0.15, 0.2) is 41.3 Å². The van der Waals surface area contributed by atoms with Crippen LogP contribution in [0.4, 0.5) is 5.69 Å². The van der Waals surface area contributed by atoms with Crippen LogP contribution in [-0.4, -0.2) is 38.2 Å². The lowest BCUT2D eigenvalue weighted by atomic mass is 9.81. The molecule has 1 aromatic carbocycles. The van der Waals surface area contributed by atoms with Gasteiger partial charge >= 0.3 is 0 Å². The Bertz CT molecular complexity index is 827. The number of sulfonamides is 1.